The van der Waals surface area contributed by atoms with Crippen LogP contribution in [0.2, 0.25) is 0 Å². The standard InChI is InChI=1S/C19H22O/c1-2-3-13-4-6-15-10-17(20)12-19(18(15)9-13)11-14-5-7-16(19)8-14/h4-7,9,14,16H,2-3,8,10-12H2,1H3. The smallest absolute Gasteiger partial charge is 0.138 e. The van der Waals surface area contributed by atoms with E-state index in [0.29, 0.717) is 24.0 Å². The van der Waals surface area contributed by atoms with Gasteiger partial charge in [-0.25, -0.2) is 0 Å². The number of carbonyl (C=O) groups excluding carboxylic acids is 1. The van der Waals surface area contributed by atoms with Gasteiger partial charge in [0.2, 0.25) is 0 Å². The van der Waals surface area contributed by atoms with Crippen molar-refractivity contribution in [3.8, 4) is 0 Å². The molecule has 1 fully saturated rings. The Kier molecular flexibility index (Phi) is 2.67. The molecule has 1 heteroatoms. The molecule has 0 saturated heterocycles. The first-order chi connectivity index (χ1) is 9.71. The van der Waals surface area contributed by atoms with Gasteiger partial charge in [-0.3, -0.25) is 4.79 Å². The average Bonchev–Trinajstić information content (AvgIpc) is 3.01. The molecule has 1 aromatic carbocycles. The van der Waals surface area contributed by atoms with Crippen molar-refractivity contribution >= 4 is 5.78 Å². The van der Waals surface area contributed by atoms with Crippen molar-refractivity contribution in [3.05, 3.63) is 47.0 Å². The predicted molar refractivity (Wildman–Crippen MR) is 80.8 cm³/mol. The zero-order valence-corrected chi connectivity index (χ0v) is 12.2. The minimum Gasteiger partial charge on any atom is -0.299 e. The van der Waals surface area contributed by atoms with Crippen LogP contribution in [0.15, 0.2) is 30.4 Å². The van der Waals surface area contributed by atoms with Gasteiger partial charge < -0.3 is 0 Å². The lowest BCUT2D eigenvalue weighted by Gasteiger charge is -2.40. The molecule has 0 N–H and O–H groups in total. The van der Waals surface area contributed by atoms with Gasteiger partial charge in [0.1, 0.15) is 5.78 Å². The highest BCUT2D eigenvalue weighted by Gasteiger charge is 2.52. The first kappa shape index (κ1) is 12.4. The summed E-state index contributed by atoms with van der Waals surface area (Å²) >= 11 is 0. The van der Waals surface area contributed by atoms with E-state index in [4.69, 9.17) is 0 Å². The summed E-state index contributed by atoms with van der Waals surface area (Å²) < 4.78 is 0. The lowest BCUT2D eigenvalue weighted by atomic mass is 9.62. The van der Waals surface area contributed by atoms with Gasteiger partial charge in [0, 0.05) is 18.3 Å². The van der Waals surface area contributed by atoms with E-state index in [9.17, 15) is 4.79 Å². The maximum atomic E-state index is 12.2. The van der Waals surface area contributed by atoms with Gasteiger partial charge in [0.25, 0.3) is 0 Å². The van der Waals surface area contributed by atoms with Gasteiger partial charge in [-0.15, -0.1) is 0 Å². The number of ketones is 1. The molecular weight excluding hydrogens is 244 g/mol. The first-order valence-electron chi connectivity index (χ1n) is 8.03. The predicted octanol–water partition coefficient (Wildman–Crippen LogP) is 3.99. The molecule has 3 unspecified atom stereocenters. The van der Waals surface area contributed by atoms with E-state index in [1.54, 1.807) is 0 Å². The van der Waals surface area contributed by atoms with Crippen LogP contribution in [-0.2, 0) is 23.1 Å². The molecule has 4 rings (SSSR count). The fraction of sp³-hybridized carbons (Fsp3) is 0.526. The first-order valence-corrected chi connectivity index (χ1v) is 8.03. The Morgan fingerprint density at radius 2 is 2.20 bits per heavy atom. The van der Waals surface area contributed by atoms with Crippen molar-refractivity contribution in [2.45, 2.75) is 50.9 Å². The number of benzene rings is 1. The Morgan fingerprint density at radius 3 is 2.90 bits per heavy atom. The molecule has 104 valence electrons. The van der Waals surface area contributed by atoms with E-state index in [2.05, 4.69) is 37.3 Å². The Bertz CT molecular complexity index is 598. The Hall–Kier alpha value is -1.37. The molecule has 3 aliphatic rings. The third-order valence-corrected chi connectivity index (χ3v) is 5.66. The number of allylic oxidation sites excluding steroid dienone is 2. The number of carbonyl (C=O) groups is 1. The highest BCUT2D eigenvalue weighted by Crippen LogP contribution is 2.57. The Morgan fingerprint density at radius 1 is 1.30 bits per heavy atom. The third kappa shape index (κ3) is 1.65. The van der Waals surface area contributed by atoms with Crippen LogP contribution in [-0.4, -0.2) is 5.78 Å². The second-order valence-corrected chi connectivity index (χ2v) is 6.98. The minimum atomic E-state index is 0.147. The molecule has 2 bridgehead atoms. The van der Waals surface area contributed by atoms with Gasteiger partial charge in [0.15, 0.2) is 0 Å². The van der Waals surface area contributed by atoms with Crippen molar-refractivity contribution < 1.29 is 4.79 Å². The van der Waals surface area contributed by atoms with Gasteiger partial charge in [-0.1, -0.05) is 43.7 Å². The number of fused-ring (bicyclic) bond motifs is 5. The van der Waals surface area contributed by atoms with Crippen molar-refractivity contribution in [1.82, 2.24) is 0 Å². The van der Waals surface area contributed by atoms with E-state index in [1.165, 1.54) is 36.0 Å². The molecule has 0 aliphatic heterocycles. The normalized spacial score (nSPS) is 34.0. The molecule has 3 aliphatic carbocycles. The number of Topliss-reactive ketones (excluding diaryl/α,β-unsaturated/α-hetero) is 1. The van der Waals surface area contributed by atoms with Crippen LogP contribution in [0.3, 0.4) is 0 Å². The maximum absolute atomic E-state index is 12.2. The van der Waals surface area contributed by atoms with E-state index >= 15 is 0 Å². The van der Waals surface area contributed by atoms with Gasteiger partial charge in [-0.05, 0) is 47.8 Å². The van der Waals surface area contributed by atoms with Crippen LogP contribution in [0.1, 0.15) is 49.3 Å². The number of hydrogen-bond acceptors (Lipinski definition) is 1. The number of rotatable bonds is 2. The largest absolute Gasteiger partial charge is 0.299 e. The summed E-state index contributed by atoms with van der Waals surface area (Å²) in [6.07, 6.45) is 11.0. The van der Waals surface area contributed by atoms with Crippen molar-refractivity contribution in [2.75, 3.05) is 0 Å². The van der Waals surface area contributed by atoms with Crippen molar-refractivity contribution in [3.63, 3.8) is 0 Å². The van der Waals surface area contributed by atoms with Crippen molar-refractivity contribution in [1.29, 1.82) is 0 Å². The van der Waals surface area contributed by atoms with Crippen LogP contribution in [0.25, 0.3) is 0 Å². The average molecular weight is 266 g/mol. The SMILES string of the molecule is CCCc1ccc2c(c1)C1(CC(=O)C2)CC2C=CC1C2. The minimum absolute atomic E-state index is 0.147. The summed E-state index contributed by atoms with van der Waals surface area (Å²) in [6, 6.07) is 6.90. The van der Waals surface area contributed by atoms with Gasteiger partial charge in [0.05, 0.1) is 0 Å². The quantitative estimate of drug-likeness (QED) is 0.740. The zero-order chi connectivity index (χ0) is 13.7. The van der Waals surface area contributed by atoms with Crippen LogP contribution < -0.4 is 0 Å². The van der Waals surface area contributed by atoms with Crippen molar-refractivity contribution in [2.24, 2.45) is 11.8 Å². The van der Waals surface area contributed by atoms with Crippen LogP contribution >= 0.6 is 0 Å². The highest BCUT2D eigenvalue weighted by atomic mass is 16.1. The van der Waals surface area contributed by atoms with Gasteiger partial charge in [-0.2, -0.15) is 0 Å². The monoisotopic (exact) mass is 266 g/mol. The second kappa shape index (κ2) is 4.31. The number of hydrogen-bond donors (Lipinski definition) is 0. The molecule has 1 nitrogen and oxygen atoms in total. The molecule has 1 aromatic rings. The summed E-state index contributed by atoms with van der Waals surface area (Å²) in [5.74, 6) is 1.77. The number of aryl methyl sites for hydroxylation is 1. The molecule has 3 atom stereocenters. The van der Waals surface area contributed by atoms with E-state index in [-0.39, 0.29) is 5.41 Å². The fourth-order valence-electron chi connectivity index (χ4n) is 4.88. The molecule has 20 heavy (non-hydrogen) atoms. The zero-order valence-electron chi connectivity index (χ0n) is 12.2. The fourth-order valence-corrected chi connectivity index (χ4v) is 4.88. The summed E-state index contributed by atoms with van der Waals surface area (Å²) in [5, 5.41) is 0. The summed E-state index contributed by atoms with van der Waals surface area (Å²) in [7, 11) is 0. The molecule has 1 spiro atoms. The van der Waals surface area contributed by atoms with Crippen LogP contribution in [0, 0.1) is 11.8 Å². The molecular formula is C19H22O. The van der Waals surface area contributed by atoms with E-state index in [0.717, 1.165) is 12.8 Å². The van der Waals surface area contributed by atoms with Crippen LogP contribution in [0.4, 0.5) is 0 Å². The van der Waals surface area contributed by atoms with Gasteiger partial charge >= 0.3 is 0 Å². The second-order valence-electron chi connectivity index (χ2n) is 6.98. The summed E-state index contributed by atoms with van der Waals surface area (Å²) in [5.41, 5.74) is 4.42. The molecule has 0 aromatic heterocycles. The van der Waals surface area contributed by atoms with Crippen LogP contribution in [0.5, 0.6) is 0 Å². The third-order valence-electron chi connectivity index (χ3n) is 5.66. The maximum Gasteiger partial charge on any atom is 0.138 e. The highest BCUT2D eigenvalue weighted by molar-refractivity contribution is 5.85. The van der Waals surface area contributed by atoms with E-state index in [1.807, 2.05) is 0 Å². The molecule has 1 saturated carbocycles. The topological polar surface area (TPSA) is 17.1 Å². The molecule has 0 radical (unpaired) electrons. The Labute approximate surface area is 121 Å². The van der Waals surface area contributed by atoms with E-state index < -0.39 is 0 Å². The summed E-state index contributed by atoms with van der Waals surface area (Å²) in [4.78, 5) is 12.2. The Balaban J connectivity index is 1.84. The molecule has 0 heterocycles. The summed E-state index contributed by atoms with van der Waals surface area (Å²) in [6.45, 7) is 2.24. The lowest BCUT2D eigenvalue weighted by molar-refractivity contribution is -0.120. The lowest BCUT2D eigenvalue weighted by Crippen LogP contribution is -2.39. The molecule has 0 amide bonds.